The Balaban J connectivity index is 2.06. The van der Waals surface area contributed by atoms with Crippen molar-refractivity contribution in [3.05, 3.63) is 65.7 Å². The van der Waals surface area contributed by atoms with Gasteiger partial charge in [0.1, 0.15) is 6.54 Å². The fourth-order valence-electron chi connectivity index (χ4n) is 2.46. The molecule has 1 N–H and O–H groups in total. The first kappa shape index (κ1) is 17.5. The van der Waals surface area contributed by atoms with Crippen LogP contribution in [-0.2, 0) is 16.1 Å². The molecule has 2 aromatic carbocycles. The molecule has 126 valence electrons. The molecule has 0 saturated heterocycles. The van der Waals surface area contributed by atoms with Gasteiger partial charge in [-0.3, -0.25) is 9.59 Å². The van der Waals surface area contributed by atoms with Gasteiger partial charge in [0.25, 0.3) is 0 Å². The average Bonchev–Trinajstić information content (AvgIpc) is 2.56. The highest BCUT2D eigenvalue weighted by Gasteiger charge is 2.18. The molecule has 0 heterocycles. The van der Waals surface area contributed by atoms with Gasteiger partial charge in [-0.25, -0.2) is 0 Å². The summed E-state index contributed by atoms with van der Waals surface area (Å²) in [5.41, 5.74) is 2.93. The molecule has 0 spiro atoms. The van der Waals surface area contributed by atoms with Crippen LogP contribution >= 0.6 is 0 Å². The van der Waals surface area contributed by atoms with E-state index in [-0.39, 0.29) is 19.0 Å². The Kier molecular flexibility index (Phi) is 5.95. The minimum atomic E-state index is -0.965. The van der Waals surface area contributed by atoms with E-state index < -0.39 is 5.97 Å². The molecule has 0 radical (unpaired) electrons. The minimum Gasteiger partial charge on any atom is -0.480 e. The largest absolute Gasteiger partial charge is 0.480 e. The van der Waals surface area contributed by atoms with Crippen LogP contribution in [0.1, 0.15) is 11.1 Å². The number of nitrogens with zero attached hydrogens (tertiary/aromatic N) is 2. The molecule has 5 nitrogen and oxygen atoms in total. The molecule has 0 saturated carbocycles. The van der Waals surface area contributed by atoms with Crippen molar-refractivity contribution >= 4 is 17.6 Å². The van der Waals surface area contributed by atoms with Gasteiger partial charge in [-0.1, -0.05) is 42.5 Å². The van der Waals surface area contributed by atoms with Gasteiger partial charge in [-0.15, -0.1) is 0 Å². The summed E-state index contributed by atoms with van der Waals surface area (Å²) in [6, 6.07) is 17.0. The number of hydrogen-bond acceptors (Lipinski definition) is 3. The van der Waals surface area contributed by atoms with Crippen molar-refractivity contribution in [3.63, 3.8) is 0 Å². The summed E-state index contributed by atoms with van der Waals surface area (Å²) in [6.45, 7) is 2.32. The van der Waals surface area contributed by atoms with E-state index in [1.54, 1.807) is 29.0 Å². The molecule has 0 aromatic heterocycles. The lowest BCUT2D eigenvalue weighted by Crippen LogP contribution is -2.40. The molecule has 0 atom stereocenters. The molecule has 0 bridgehead atoms. The Morgan fingerprint density at radius 2 is 1.58 bits per heavy atom. The zero-order chi connectivity index (χ0) is 17.5. The molecule has 0 aliphatic heterocycles. The zero-order valence-electron chi connectivity index (χ0n) is 14.0. The third-order valence-electron chi connectivity index (χ3n) is 3.87. The van der Waals surface area contributed by atoms with Gasteiger partial charge in [-0.05, 0) is 30.2 Å². The van der Waals surface area contributed by atoms with Crippen molar-refractivity contribution < 1.29 is 14.7 Å². The van der Waals surface area contributed by atoms with Crippen molar-refractivity contribution in [2.45, 2.75) is 13.5 Å². The molecular formula is C19H22N2O3. The third-order valence-corrected chi connectivity index (χ3v) is 3.87. The summed E-state index contributed by atoms with van der Waals surface area (Å²) in [5, 5.41) is 9.10. The van der Waals surface area contributed by atoms with Crippen LogP contribution in [0, 0.1) is 6.92 Å². The average molecular weight is 326 g/mol. The van der Waals surface area contributed by atoms with E-state index in [0.717, 1.165) is 16.8 Å². The van der Waals surface area contributed by atoms with E-state index in [9.17, 15) is 9.59 Å². The number of benzene rings is 2. The van der Waals surface area contributed by atoms with Crippen LogP contribution in [-0.4, -0.2) is 42.0 Å². The van der Waals surface area contributed by atoms with Gasteiger partial charge in [0.05, 0.1) is 6.54 Å². The Labute approximate surface area is 142 Å². The predicted molar refractivity (Wildman–Crippen MR) is 93.9 cm³/mol. The van der Waals surface area contributed by atoms with Crippen LogP contribution in [0.2, 0.25) is 0 Å². The number of aryl methyl sites for hydroxylation is 1. The maximum atomic E-state index is 12.5. The van der Waals surface area contributed by atoms with E-state index >= 15 is 0 Å². The second-order valence-electron chi connectivity index (χ2n) is 5.76. The second-order valence-corrected chi connectivity index (χ2v) is 5.76. The van der Waals surface area contributed by atoms with Gasteiger partial charge >= 0.3 is 5.97 Å². The molecule has 0 fully saturated rings. The lowest BCUT2D eigenvalue weighted by Gasteiger charge is -2.26. The van der Waals surface area contributed by atoms with Crippen molar-refractivity contribution in [2.75, 3.05) is 25.0 Å². The Bertz CT molecular complexity index is 701. The molecule has 24 heavy (non-hydrogen) atoms. The summed E-state index contributed by atoms with van der Waals surface area (Å²) in [6.07, 6.45) is 0. The number of anilines is 1. The van der Waals surface area contributed by atoms with Crippen LogP contribution in [0.5, 0.6) is 0 Å². The summed E-state index contributed by atoms with van der Waals surface area (Å²) in [4.78, 5) is 26.8. The molecule has 2 aromatic rings. The Hall–Kier alpha value is -2.82. The maximum Gasteiger partial charge on any atom is 0.323 e. The normalized spacial score (nSPS) is 10.2. The second kappa shape index (κ2) is 8.15. The first-order chi connectivity index (χ1) is 11.5. The SMILES string of the molecule is Cc1ccccc1CN(C)C(=O)CN(CC(=O)O)c1ccccc1. The molecule has 0 unspecified atom stereocenters. The smallest absolute Gasteiger partial charge is 0.323 e. The number of carboxylic acids is 1. The topological polar surface area (TPSA) is 60.9 Å². The summed E-state index contributed by atoms with van der Waals surface area (Å²) in [5.74, 6) is -1.09. The van der Waals surface area contributed by atoms with Gasteiger partial charge in [0, 0.05) is 19.3 Å². The first-order valence-electron chi connectivity index (χ1n) is 7.77. The number of carbonyl (C=O) groups excluding carboxylic acids is 1. The zero-order valence-corrected chi connectivity index (χ0v) is 14.0. The number of amides is 1. The van der Waals surface area contributed by atoms with Gasteiger partial charge in [0.15, 0.2) is 0 Å². The number of carbonyl (C=O) groups is 2. The fraction of sp³-hybridized carbons (Fsp3) is 0.263. The van der Waals surface area contributed by atoms with Crippen molar-refractivity contribution in [2.24, 2.45) is 0 Å². The van der Waals surface area contributed by atoms with E-state index in [4.69, 9.17) is 5.11 Å². The van der Waals surface area contributed by atoms with Crippen molar-refractivity contribution in [1.29, 1.82) is 0 Å². The monoisotopic (exact) mass is 326 g/mol. The Morgan fingerprint density at radius 3 is 2.21 bits per heavy atom. The summed E-state index contributed by atoms with van der Waals surface area (Å²) in [7, 11) is 1.73. The number of para-hydroxylation sites is 1. The van der Waals surface area contributed by atoms with Crippen molar-refractivity contribution in [3.8, 4) is 0 Å². The number of aliphatic carboxylic acids is 1. The Morgan fingerprint density at radius 1 is 0.958 bits per heavy atom. The molecule has 1 amide bonds. The molecule has 0 aliphatic rings. The standard InChI is InChI=1S/C19H22N2O3/c1-15-8-6-7-9-16(15)12-20(2)18(22)13-21(14-19(23)24)17-10-4-3-5-11-17/h3-11H,12-14H2,1-2H3,(H,23,24). The molecular weight excluding hydrogens is 304 g/mol. The van der Waals surface area contributed by atoms with Gasteiger partial charge in [0.2, 0.25) is 5.91 Å². The quantitative estimate of drug-likeness (QED) is 0.849. The van der Waals surface area contributed by atoms with Gasteiger partial charge < -0.3 is 14.9 Å². The number of hydrogen-bond donors (Lipinski definition) is 1. The maximum absolute atomic E-state index is 12.5. The van der Waals surface area contributed by atoms with Crippen LogP contribution in [0.15, 0.2) is 54.6 Å². The lowest BCUT2D eigenvalue weighted by atomic mass is 10.1. The van der Waals surface area contributed by atoms with E-state index in [1.807, 2.05) is 49.4 Å². The van der Waals surface area contributed by atoms with Gasteiger partial charge in [-0.2, -0.15) is 0 Å². The highest BCUT2D eigenvalue weighted by atomic mass is 16.4. The van der Waals surface area contributed by atoms with Crippen molar-refractivity contribution in [1.82, 2.24) is 4.90 Å². The highest BCUT2D eigenvalue weighted by Crippen LogP contribution is 2.14. The predicted octanol–water partition coefficient (Wildman–Crippen LogP) is 2.54. The third kappa shape index (κ3) is 4.84. The number of likely N-dealkylation sites (N-methyl/N-ethyl adjacent to an activating group) is 1. The molecule has 2 rings (SSSR count). The van der Waals surface area contributed by atoms with Crippen LogP contribution < -0.4 is 4.90 Å². The summed E-state index contributed by atoms with van der Waals surface area (Å²) >= 11 is 0. The molecule has 5 heteroatoms. The number of carboxylic acid groups (broad SMARTS) is 1. The van der Waals surface area contributed by atoms with E-state index in [2.05, 4.69) is 0 Å². The van der Waals surface area contributed by atoms with E-state index in [1.165, 1.54) is 0 Å². The van der Waals surface area contributed by atoms with Crippen LogP contribution in [0.4, 0.5) is 5.69 Å². The van der Waals surface area contributed by atoms with Crippen LogP contribution in [0.3, 0.4) is 0 Å². The van der Waals surface area contributed by atoms with Crippen LogP contribution in [0.25, 0.3) is 0 Å². The fourth-order valence-corrected chi connectivity index (χ4v) is 2.46. The highest BCUT2D eigenvalue weighted by molar-refractivity contribution is 5.84. The minimum absolute atomic E-state index is 0.0265. The van der Waals surface area contributed by atoms with E-state index in [0.29, 0.717) is 6.54 Å². The summed E-state index contributed by atoms with van der Waals surface area (Å²) < 4.78 is 0. The first-order valence-corrected chi connectivity index (χ1v) is 7.77. The molecule has 0 aliphatic carbocycles. The lowest BCUT2D eigenvalue weighted by molar-refractivity contribution is -0.135. The number of rotatable bonds is 7.